The third-order valence-electron chi connectivity index (χ3n) is 3.21. The zero-order valence-corrected chi connectivity index (χ0v) is 10.6. The minimum Gasteiger partial charge on any atom is -0.373 e. The number of piperidine rings is 1. The molecule has 1 saturated heterocycles. The van der Waals surface area contributed by atoms with Crippen molar-refractivity contribution in [3.8, 4) is 0 Å². The highest BCUT2D eigenvalue weighted by atomic mass is 15.2. The lowest BCUT2D eigenvalue weighted by molar-refractivity contribution is 0.403. The Morgan fingerprint density at radius 1 is 1.47 bits per heavy atom. The van der Waals surface area contributed by atoms with Gasteiger partial charge in [0.2, 0.25) is 0 Å². The van der Waals surface area contributed by atoms with Gasteiger partial charge in [0.25, 0.3) is 0 Å². The van der Waals surface area contributed by atoms with Crippen molar-refractivity contribution in [2.75, 3.05) is 37.4 Å². The summed E-state index contributed by atoms with van der Waals surface area (Å²) in [6, 6.07) is 2.56. The van der Waals surface area contributed by atoms with Crippen LogP contribution in [0.25, 0.3) is 0 Å². The van der Waals surface area contributed by atoms with E-state index >= 15 is 0 Å². The number of anilines is 2. The molecule has 5 nitrogen and oxygen atoms in total. The minimum atomic E-state index is 0.585. The van der Waals surface area contributed by atoms with Crippen molar-refractivity contribution >= 4 is 11.6 Å². The molecule has 0 radical (unpaired) electrons. The first kappa shape index (κ1) is 12.1. The molecular weight excluding hydrogens is 214 g/mol. The second-order valence-corrected chi connectivity index (χ2v) is 4.54. The Bertz CT molecular complexity index is 349. The van der Waals surface area contributed by atoms with Crippen molar-refractivity contribution in [3.63, 3.8) is 0 Å². The number of nitrogens with zero attached hydrogens (tertiary/aromatic N) is 3. The highest BCUT2D eigenvalue weighted by molar-refractivity contribution is 5.47. The summed E-state index contributed by atoms with van der Waals surface area (Å²) in [5.74, 6) is 1.83. The molecule has 1 unspecified atom stereocenters. The topological polar surface area (TPSA) is 53.1 Å². The van der Waals surface area contributed by atoms with Gasteiger partial charge in [-0.25, -0.2) is 9.97 Å². The highest BCUT2D eigenvalue weighted by Gasteiger charge is 2.15. The van der Waals surface area contributed by atoms with Gasteiger partial charge in [0.05, 0.1) is 0 Å². The molecule has 0 aliphatic carbocycles. The summed E-state index contributed by atoms with van der Waals surface area (Å²) < 4.78 is 0. The maximum Gasteiger partial charge on any atom is 0.133 e. The number of rotatable bonds is 4. The van der Waals surface area contributed by atoms with Crippen LogP contribution in [0.1, 0.15) is 19.3 Å². The molecule has 1 aliphatic heterocycles. The van der Waals surface area contributed by atoms with Gasteiger partial charge in [-0.3, -0.25) is 0 Å². The van der Waals surface area contributed by atoms with Crippen LogP contribution in [0.4, 0.5) is 11.6 Å². The van der Waals surface area contributed by atoms with E-state index in [9.17, 15) is 0 Å². The Labute approximate surface area is 103 Å². The number of hydrogen-bond acceptors (Lipinski definition) is 5. The normalized spacial score (nSPS) is 20.0. The van der Waals surface area contributed by atoms with E-state index in [1.807, 2.05) is 13.1 Å². The van der Waals surface area contributed by atoms with Crippen LogP contribution < -0.4 is 15.5 Å². The van der Waals surface area contributed by atoms with Crippen molar-refractivity contribution in [2.45, 2.75) is 25.3 Å². The van der Waals surface area contributed by atoms with Crippen LogP contribution in [0.15, 0.2) is 12.4 Å². The summed E-state index contributed by atoms with van der Waals surface area (Å²) in [6.07, 6.45) is 5.49. The van der Waals surface area contributed by atoms with Gasteiger partial charge in [-0.2, -0.15) is 0 Å². The van der Waals surface area contributed by atoms with E-state index in [1.165, 1.54) is 19.3 Å². The summed E-state index contributed by atoms with van der Waals surface area (Å²) in [4.78, 5) is 10.6. The lowest BCUT2D eigenvalue weighted by Gasteiger charge is -2.28. The van der Waals surface area contributed by atoms with Gasteiger partial charge >= 0.3 is 0 Å². The Balaban J connectivity index is 1.95. The largest absolute Gasteiger partial charge is 0.373 e. The molecule has 0 amide bonds. The summed E-state index contributed by atoms with van der Waals surface area (Å²) in [5, 5.41) is 6.58. The number of hydrogen-bond donors (Lipinski definition) is 2. The zero-order chi connectivity index (χ0) is 12.1. The molecule has 0 aromatic carbocycles. The van der Waals surface area contributed by atoms with Gasteiger partial charge in [-0.1, -0.05) is 6.42 Å². The van der Waals surface area contributed by atoms with E-state index in [-0.39, 0.29) is 0 Å². The number of nitrogens with one attached hydrogen (secondary N) is 2. The third-order valence-corrected chi connectivity index (χ3v) is 3.21. The SMILES string of the molecule is CNc1cc(N(C)CC2CCCCN2)ncn1. The molecule has 1 aromatic rings. The van der Waals surface area contributed by atoms with E-state index in [2.05, 4.69) is 32.5 Å². The van der Waals surface area contributed by atoms with Gasteiger partial charge in [0.1, 0.15) is 18.0 Å². The van der Waals surface area contributed by atoms with Crippen LogP contribution >= 0.6 is 0 Å². The maximum atomic E-state index is 4.30. The van der Waals surface area contributed by atoms with Crippen LogP contribution in [-0.2, 0) is 0 Å². The quantitative estimate of drug-likeness (QED) is 0.818. The van der Waals surface area contributed by atoms with Crippen molar-refractivity contribution in [1.82, 2.24) is 15.3 Å². The monoisotopic (exact) mass is 235 g/mol. The van der Waals surface area contributed by atoms with E-state index in [0.717, 1.165) is 24.7 Å². The van der Waals surface area contributed by atoms with Crippen LogP contribution in [0.2, 0.25) is 0 Å². The summed E-state index contributed by atoms with van der Waals surface area (Å²) >= 11 is 0. The predicted octanol–water partition coefficient (Wildman–Crippen LogP) is 1.10. The molecule has 17 heavy (non-hydrogen) atoms. The fourth-order valence-electron chi connectivity index (χ4n) is 2.20. The van der Waals surface area contributed by atoms with Crippen LogP contribution in [0.5, 0.6) is 0 Å². The lowest BCUT2D eigenvalue weighted by atomic mass is 10.0. The predicted molar refractivity (Wildman–Crippen MR) is 70.5 cm³/mol. The van der Waals surface area contributed by atoms with Gasteiger partial charge in [0.15, 0.2) is 0 Å². The molecule has 5 heteroatoms. The zero-order valence-electron chi connectivity index (χ0n) is 10.6. The Hall–Kier alpha value is -1.36. The van der Waals surface area contributed by atoms with Crippen molar-refractivity contribution < 1.29 is 0 Å². The Kier molecular flexibility index (Phi) is 4.14. The van der Waals surface area contributed by atoms with E-state index in [4.69, 9.17) is 0 Å². The first-order chi connectivity index (χ1) is 8.29. The molecule has 1 atom stereocenters. The van der Waals surface area contributed by atoms with Crippen molar-refractivity contribution in [3.05, 3.63) is 12.4 Å². The standard InChI is InChI=1S/C12H21N5/c1-13-11-7-12(16-9-15-11)17(2)8-10-5-3-4-6-14-10/h7,9-10,14H,3-6,8H2,1-2H3,(H,13,15,16). The molecule has 2 rings (SSSR count). The van der Waals surface area contributed by atoms with E-state index < -0.39 is 0 Å². The third kappa shape index (κ3) is 3.30. The highest BCUT2D eigenvalue weighted by Crippen LogP contribution is 2.14. The first-order valence-corrected chi connectivity index (χ1v) is 6.24. The van der Waals surface area contributed by atoms with Gasteiger partial charge in [-0.15, -0.1) is 0 Å². The van der Waals surface area contributed by atoms with Gasteiger partial charge in [-0.05, 0) is 19.4 Å². The first-order valence-electron chi connectivity index (χ1n) is 6.24. The fourth-order valence-corrected chi connectivity index (χ4v) is 2.20. The molecule has 1 fully saturated rings. The fraction of sp³-hybridized carbons (Fsp3) is 0.667. The van der Waals surface area contributed by atoms with Crippen LogP contribution in [0.3, 0.4) is 0 Å². The second-order valence-electron chi connectivity index (χ2n) is 4.54. The smallest absolute Gasteiger partial charge is 0.133 e. The van der Waals surface area contributed by atoms with Gasteiger partial charge < -0.3 is 15.5 Å². The molecule has 0 spiro atoms. The Morgan fingerprint density at radius 2 is 2.35 bits per heavy atom. The summed E-state index contributed by atoms with van der Waals surface area (Å²) in [5.41, 5.74) is 0. The van der Waals surface area contributed by atoms with Crippen LogP contribution in [0, 0.1) is 0 Å². The molecular formula is C12H21N5. The average molecular weight is 235 g/mol. The minimum absolute atomic E-state index is 0.585. The van der Waals surface area contributed by atoms with E-state index in [0.29, 0.717) is 6.04 Å². The molecule has 0 bridgehead atoms. The second kappa shape index (κ2) is 5.82. The van der Waals surface area contributed by atoms with Crippen molar-refractivity contribution in [1.29, 1.82) is 0 Å². The number of aromatic nitrogens is 2. The molecule has 2 heterocycles. The van der Waals surface area contributed by atoms with E-state index in [1.54, 1.807) is 6.33 Å². The maximum absolute atomic E-state index is 4.30. The summed E-state index contributed by atoms with van der Waals surface area (Å²) in [6.45, 7) is 2.14. The van der Waals surface area contributed by atoms with Crippen molar-refractivity contribution in [2.24, 2.45) is 0 Å². The lowest BCUT2D eigenvalue weighted by Crippen LogP contribution is -2.42. The molecule has 2 N–H and O–H groups in total. The van der Waals surface area contributed by atoms with Crippen LogP contribution in [-0.4, -0.2) is 43.2 Å². The molecule has 1 aliphatic rings. The molecule has 1 aromatic heterocycles. The number of likely N-dealkylation sites (N-methyl/N-ethyl adjacent to an activating group) is 1. The Morgan fingerprint density at radius 3 is 3.06 bits per heavy atom. The average Bonchev–Trinajstić information content (AvgIpc) is 2.40. The molecule has 0 saturated carbocycles. The van der Waals surface area contributed by atoms with Gasteiger partial charge in [0, 0.05) is 32.7 Å². The molecule has 94 valence electrons. The summed E-state index contributed by atoms with van der Waals surface area (Å²) in [7, 11) is 3.95.